The summed E-state index contributed by atoms with van der Waals surface area (Å²) in [5.74, 6) is 0.321. The van der Waals surface area contributed by atoms with Crippen LogP contribution in [0.25, 0.3) is 17.0 Å². The maximum absolute atomic E-state index is 12.8. The van der Waals surface area contributed by atoms with Crippen molar-refractivity contribution in [3.05, 3.63) is 76.9 Å². The highest BCUT2D eigenvalue weighted by Crippen LogP contribution is 2.24. The molecule has 0 atom stereocenters. The summed E-state index contributed by atoms with van der Waals surface area (Å²) in [5.41, 5.74) is 1.81. The number of carbonyl (C=O) groups excluding carboxylic acids is 1. The number of aromatic nitrogens is 3. The van der Waals surface area contributed by atoms with Gasteiger partial charge in [-0.3, -0.25) is 10.1 Å². The zero-order chi connectivity index (χ0) is 23.8. The maximum Gasteiger partial charge on any atom is 0.268 e. The number of nitrogens with zero attached hydrogens (tertiary/aromatic N) is 4. The zero-order valence-electron chi connectivity index (χ0n) is 18.9. The Hall–Kier alpha value is -3.96. The van der Waals surface area contributed by atoms with E-state index in [1.165, 1.54) is 11.3 Å². The molecule has 0 fully saturated rings. The van der Waals surface area contributed by atoms with Crippen LogP contribution in [0.4, 0.5) is 5.13 Å². The molecule has 1 N–H and O–H groups in total. The van der Waals surface area contributed by atoms with Crippen LogP contribution >= 0.6 is 11.3 Å². The van der Waals surface area contributed by atoms with Gasteiger partial charge in [0, 0.05) is 29.1 Å². The number of para-hydroxylation sites is 2. The van der Waals surface area contributed by atoms with Crippen molar-refractivity contribution in [1.82, 2.24) is 14.8 Å². The summed E-state index contributed by atoms with van der Waals surface area (Å²) in [5, 5.41) is 22.7. The third-order valence-corrected chi connectivity index (χ3v) is 6.16. The zero-order valence-corrected chi connectivity index (χ0v) is 19.7. The third kappa shape index (κ3) is 5.69. The fraction of sp³-hybridized carbons (Fsp3) is 0.231. The number of unbranched alkanes of at least 4 members (excludes halogenated alkanes) is 1. The number of benzene rings is 2. The lowest BCUT2D eigenvalue weighted by molar-refractivity contribution is -0.112. The number of hydrogen-bond acceptors (Lipinski definition) is 6. The van der Waals surface area contributed by atoms with E-state index in [0.29, 0.717) is 18.3 Å². The summed E-state index contributed by atoms with van der Waals surface area (Å²) in [4.78, 5) is 12.8. The second kappa shape index (κ2) is 11.3. The van der Waals surface area contributed by atoms with Crippen molar-refractivity contribution < 1.29 is 9.53 Å². The Balaban J connectivity index is 1.51. The van der Waals surface area contributed by atoms with Gasteiger partial charge in [0.05, 0.1) is 6.54 Å². The highest BCUT2D eigenvalue weighted by Gasteiger charge is 2.15. The van der Waals surface area contributed by atoms with Gasteiger partial charge in [0.15, 0.2) is 0 Å². The fourth-order valence-electron chi connectivity index (χ4n) is 3.56. The number of amides is 1. The van der Waals surface area contributed by atoms with Crippen LogP contribution in [-0.2, 0) is 17.8 Å². The molecule has 172 valence electrons. The van der Waals surface area contributed by atoms with Crippen molar-refractivity contribution in [2.75, 3.05) is 11.9 Å². The van der Waals surface area contributed by atoms with E-state index in [-0.39, 0.29) is 5.57 Å². The van der Waals surface area contributed by atoms with Crippen molar-refractivity contribution >= 4 is 39.4 Å². The molecule has 4 aromatic rings. The first-order valence-electron chi connectivity index (χ1n) is 11.2. The predicted octanol–water partition coefficient (Wildman–Crippen LogP) is 5.46. The topological polar surface area (TPSA) is 92.8 Å². The Morgan fingerprint density at radius 3 is 2.76 bits per heavy atom. The molecule has 0 spiro atoms. The minimum absolute atomic E-state index is 0.00810. The Labute approximate surface area is 202 Å². The van der Waals surface area contributed by atoms with Gasteiger partial charge in [-0.2, -0.15) is 5.26 Å². The van der Waals surface area contributed by atoms with E-state index < -0.39 is 5.91 Å². The fourth-order valence-corrected chi connectivity index (χ4v) is 4.33. The SMILES string of the molecule is CCCCc1nnc(NC(=O)/C(C#N)=C\c2cn(CCOc3ccccc3)c3ccccc23)s1. The van der Waals surface area contributed by atoms with Crippen molar-refractivity contribution in [2.45, 2.75) is 32.7 Å². The second-order valence-corrected chi connectivity index (χ2v) is 8.75. The molecule has 4 rings (SSSR count). The van der Waals surface area contributed by atoms with E-state index in [4.69, 9.17) is 4.74 Å². The molecule has 34 heavy (non-hydrogen) atoms. The van der Waals surface area contributed by atoms with Gasteiger partial charge in [0.1, 0.15) is 29.0 Å². The standard InChI is InChI=1S/C26H25N5O2S/c1-2-3-13-24-29-30-26(34-24)28-25(32)19(17-27)16-20-18-31(23-12-8-7-11-22(20)23)14-15-33-21-9-5-4-6-10-21/h4-12,16,18H,2-3,13-15H2,1H3,(H,28,30,32)/b19-16-. The van der Waals surface area contributed by atoms with Crippen LogP contribution < -0.4 is 10.1 Å². The highest BCUT2D eigenvalue weighted by molar-refractivity contribution is 7.15. The molecule has 0 saturated carbocycles. The second-order valence-electron chi connectivity index (χ2n) is 7.68. The molecule has 0 unspecified atom stereocenters. The number of ether oxygens (including phenoxy) is 1. The number of nitriles is 1. The Bertz CT molecular complexity index is 1330. The molecule has 0 aliphatic heterocycles. The van der Waals surface area contributed by atoms with Crippen molar-refractivity contribution in [3.8, 4) is 11.8 Å². The molecule has 0 saturated heterocycles. The quantitative estimate of drug-likeness (QED) is 0.245. The first-order valence-corrected chi connectivity index (χ1v) is 12.0. The minimum atomic E-state index is -0.495. The van der Waals surface area contributed by atoms with E-state index in [9.17, 15) is 10.1 Å². The average Bonchev–Trinajstić information content (AvgIpc) is 3.46. The number of anilines is 1. The molecule has 0 aliphatic rings. The van der Waals surface area contributed by atoms with E-state index in [0.717, 1.165) is 46.5 Å². The monoisotopic (exact) mass is 471 g/mol. The lowest BCUT2D eigenvalue weighted by Gasteiger charge is -2.08. The van der Waals surface area contributed by atoms with Gasteiger partial charge in [-0.1, -0.05) is 61.1 Å². The van der Waals surface area contributed by atoms with E-state index in [1.54, 1.807) is 6.08 Å². The first kappa shape index (κ1) is 23.2. The van der Waals surface area contributed by atoms with Crippen molar-refractivity contribution in [2.24, 2.45) is 0 Å². The van der Waals surface area contributed by atoms with Gasteiger partial charge in [0.25, 0.3) is 5.91 Å². The van der Waals surface area contributed by atoms with Gasteiger partial charge < -0.3 is 9.30 Å². The number of carbonyl (C=O) groups is 1. The van der Waals surface area contributed by atoms with Crippen LogP contribution in [0.2, 0.25) is 0 Å². The van der Waals surface area contributed by atoms with Gasteiger partial charge in [-0.25, -0.2) is 0 Å². The summed E-state index contributed by atoms with van der Waals surface area (Å²) >= 11 is 1.34. The molecule has 0 bridgehead atoms. The number of hydrogen-bond donors (Lipinski definition) is 1. The summed E-state index contributed by atoms with van der Waals surface area (Å²) < 4.78 is 7.91. The van der Waals surface area contributed by atoms with E-state index in [1.807, 2.05) is 66.9 Å². The minimum Gasteiger partial charge on any atom is -0.492 e. The number of rotatable bonds is 10. The molecule has 0 radical (unpaired) electrons. The van der Waals surface area contributed by atoms with Gasteiger partial charge in [0.2, 0.25) is 5.13 Å². The Kier molecular flexibility index (Phi) is 7.68. The molecule has 7 nitrogen and oxygen atoms in total. The van der Waals surface area contributed by atoms with E-state index in [2.05, 4.69) is 27.0 Å². The molecule has 8 heteroatoms. The van der Waals surface area contributed by atoms with Gasteiger partial charge in [-0.15, -0.1) is 10.2 Å². The summed E-state index contributed by atoms with van der Waals surface area (Å²) in [6.07, 6.45) is 6.47. The first-order chi connectivity index (χ1) is 16.7. The highest BCUT2D eigenvalue weighted by atomic mass is 32.1. The third-order valence-electron chi connectivity index (χ3n) is 5.26. The smallest absolute Gasteiger partial charge is 0.268 e. The normalized spacial score (nSPS) is 11.4. The van der Waals surface area contributed by atoms with Gasteiger partial charge >= 0.3 is 0 Å². The largest absolute Gasteiger partial charge is 0.492 e. The number of aryl methyl sites for hydroxylation is 1. The number of fused-ring (bicyclic) bond motifs is 1. The lowest BCUT2D eigenvalue weighted by atomic mass is 10.1. The van der Waals surface area contributed by atoms with Crippen LogP contribution in [-0.4, -0.2) is 27.3 Å². The molecule has 1 amide bonds. The van der Waals surface area contributed by atoms with Crippen LogP contribution in [0.3, 0.4) is 0 Å². The summed E-state index contributed by atoms with van der Waals surface area (Å²) in [6.45, 7) is 3.23. The average molecular weight is 472 g/mol. The van der Waals surface area contributed by atoms with E-state index >= 15 is 0 Å². The molecule has 2 heterocycles. The Morgan fingerprint density at radius 2 is 1.97 bits per heavy atom. The molecule has 2 aromatic carbocycles. The summed E-state index contributed by atoms with van der Waals surface area (Å²) in [6, 6.07) is 19.6. The van der Waals surface area contributed by atoms with Crippen molar-refractivity contribution in [1.29, 1.82) is 5.26 Å². The number of nitrogens with one attached hydrogen (secondary N) is 1. The van der Waals surface area contributed by atoms with Crippen LogP contribution in [0.15, 0.2) is 66.4 Å². The van der Waals surface area contributed by atoms with Crippen LogP contribution in [0.1, 0.15) is 30.3 Å². The van der Waals surface area contributed by atoms with Crippen LogP contribution in [0.5, 0.6) is 5.75 Å². The Morgan fingerprint density at radius 1 is 1.18 bits per heavy atom. The molecular formula is C26H25N5O2S. The van der Waals surface area contributed by atoms with Crippen LogP contribution in [0, 0.1) is 11.3 Å². The maximum atomic E-state index is 12.8. The molecule has 0 aliphatic carbocycles. The lowest BCUT2D eigenvalue weighted by Crippen LogP contribution is -2.13. The predicted molar refractivity (Wildman–Crippen MR) is 135 cm³/mol. The molecule has 2 aromatic heterocycles. The summed E-state index contributed by atoms with van der Waals surface area (Å²) in [7, 11) is 0. The molecular weight excluding hydrogens is 446 g/mol. The van der Waals surface area contributed by atoms with Gasteiger partial charge in [-0.05, 0) is 30.7 Å². The van der Waals surface area contributed by atoms with Crippen molar-refractivity contribution in [3.63, 3.8) is 0 Å².